The van der Waals surface area contributed by atoms with Gasteiger partial charge >= 0.3 is 0 Å². The Balaban J connectivity index is 2.40. The summed E-state index contributed by atoms with van der Waals surface area (Å²) in [6.07, 6.45) is 0. The Morgan fingerprint density at radius 2 is 1.39 bits per heavy atom. The maximum Gasteiger partial charge on any atom is 0.198 e. The van der Waals surface area contributed by atoms with Crippen molar-refractivity contribution < 1.29 is 14.7 Å². The van der Waals surface area contributed by atoms with Crippen LogP contribution in [0.25, 0.3) is 0 Å². The van der Waals surface area contributed by atoms with E-state index in [1.54, 1.807) is 12.1 Å². The largest absolute Gasteiger partial charge is 0.507 e. The van der Waals surface area contributed by atoms with Gasteiger partial charge < -0.3 is 5.11 Å². The Hall–Kier alpha value is -2.13. The second-order valence-electron chi connectivity index (χ2n) is 4.02. The monoisotopic (exact) mass is 258 g/mol. The first-order chi connectivity index (χ1) is 8.61. The third-order valence-electron chi connectivity index (χ3n) is 3.00. The lowest BCUT2D eigenvalue weighted by atomic mass is 9.83. The van der Waals surface area contributed by atoms with Gasteiger partial charge in [-0.25, -0.2) is 0 Å². The van der Waals surface area contributed by atoms with Crippen LogP contribution in [0.1, 0.15) is 31.8 Å². The molecule has 0 heterocycles. The van der Waals surface area contributed by atoms with Gasteiger partial charge in [0.15, 0.2) is 11.6 Å². The number of rotatable bonds is 0. The van der Waals surface area contributed by atoms with Gasteiger partial charge in [-0.15, -0.1) is 0 Å². The Labute approximate surface area is 108 Å². The van der Waals surface area contributed by atoms with Gasteiger partial charge in [0.05, 0.1) is 16.1 Å². The van der Waals surface area contributed by atoms with Gasteiger partial charge in [-0.1, -0.05) is 35.9 Å². The molecule has 1 N–H and O–H groups in total. The molecule has 2 aromatic carbocycles. The van der Waals surface area contributed by atoms with Crippen molar-refractivity contribution in [2.24, 2.45) is 0 Å². The molecule has 0 unspecified atom stereocenters. The van der Waals surface area contributed by atoms with Crippen LogP contribution in [0.2, 0.25) is 5.02 Å². The fraction of sp³-hybridized carbons (Fsp3) is 0. The van der Waals surface area contributed by atoms with E-state index in [4.69, 9.17) is 11.6 Å². The Morgan fingerprint density at radius 1 is 0.833 bits per heavy atom. The molecular formula is C14H7ClO3. The number of phenolic OH excluding ortho intramolecular Hbond substituents is 1. The fourth-order valence-electron chi connectivity index (χ4n) is 2.18. The van der Waals surface area contributed by atoms with Crippen LogP contribution in [0.3, 0.4) is 0 Å². The maximum absolute atomic E-state index is 12.3. The summed E-state index contributed by atoms with van der Waals surface area (Å²) in [6, 6.07) is 9.15. The number of carbonyl (C=O) groups excluding carboxylic acids is 2. The molecule has 88 valence electrons. The van der Waals surface area contributed by atoms with E-state index in [-0.39, 0.29) is 44.6 Å². The van der Waals surface area contributed by atoms with Crippen LogP contribution in [-0.4, -0.2) is 16.7 Å². The first kappa shape index (κ1) is 11.0. The van der Waals surface area contributed by atoms with Crippen molar-refractivity contribution >= 4 is 23.2 Å². The Kier molecular flexibility index (Phi) is 2.25. The second kappa shape index (κ2) is 3.68. The average molecular weight is 259 g/mol. The molecule has 4 heteroatoms. The number of carbonyl (C=O) groups is 2. The summed E-state index contributed by atoms with van der Waals surface area (Å²) in [5, 5.41) is 9.98. The minimum absolute atomic E-state index is 0.0530. The molecule has 2 aromatic rings. The van der Waals surface area contributed by atoms with Crippen LogP contribution in [0, 0.1) is 0 Å². The predicted molar refractivity (Wildman–Crippen MR) is 66.4 cm³/mol. The maximum atomic E-state index is 12.3. The molecule has 0 atom stereocenters. The van der Waals surface area contributed by atoms with Crippen molar-refractivity contribution in [2.45, 2.75) is 0 Å². The van der Waals surface area contributed by atoms with E-state index < -0.39 is 0 Å². The molecule has 1 aliphatic rings. The Morgan fingerprint density at radius 3 is 2.11 bits per heavy atom. The zero-order valence-corrected chi connectivity index (χ0v) is 9.86. The van der Waals surface area contributed by atoms with Crippen molar-refractivity contribution in [1.82, 2.24) is 0 Å². The number of fused-ring (bicyclic) bond motifs is 2. The third kappa shape index (κ3) is 1.31. The minimum atomic E-state index is -0.375. The van der Waals surface area contributed by atoms with Crippen LogP contribution in [0.5, 0.6) is 5.75 Å². The number of phenols is 1. The molecular weight excluding hydrogens is 252 g/mol. The zero-order chi connectivity index (χ0) is 12.9. The van der Waals surface area contributed by atoms with Crippen LogP contribution in [0.15, 0.2) is 36.4 Å². The van der Waals surface area contributed by atoms with Gasteiger partial charge in [0.25, 0.3) is 0 Å². The normalized spacial score (nSPS) is 13.2. The van der Waals surface area contributed by atoms with Crippen molar-refractivity contribution in [1.29, 1.82) is 0 Å². The molecule has 1 aliphatic carbocycles. The molecule has 0 radical (unpaired) electrons. The van der Waals surface area contributed by atoms with E-state index in [1.807, 2.05) is 0 Å². The van der Waals surface area contributed by atoms with Gasteiger partial charge in [-0.05, 0) is 12.1 Å². The highest BCUT2D eigenvalue weighted by Crippen LogP contribution is 2.35. The van der Waals surface area contributed by atoms with E-state index in [9.17, 15) is 14.7 Å². The highest BCUT2D eigenvalue weighted by Gasteiger charge is 2.32. The number of halogens is 1. The average Bonchev–Trinajstić information content (AvgIpc) is 2.35. The topological polar surface area (TPSA) is 54.4 Å². The SMILES string of the molecule is O=C1c2cccc(Cl)c2C(=O)c2cccc(O)c21. The molecule has 0 saturated carbocycles. The van der Waals surface area contributed by atoms with Gasteiger partial charge in [0.2, 0.25) is 0 Å². The van der Waals surface area contributed by atoms with Crippen molar-refractivity contribution in [3.8, 4) is 5.75 Å². The first-order valence-corrected chi connectivity index (χ1v) is 5.69. The van der Waals surface area contributed by atoms with Crippen LogP contribution in [-0.2, 0) is 0 Å². The molecule has 0 aromatic heterocycles. The summed E-state index contributed by atoms with van der Waals surface area (Å²) in [5.41, 5.74) is 0.696. The molecule has 0 spiro atoms. The third-order valence-corrected chi connectivity index (χ3v) is 3.31. The molecule has 0 fully saturated rings. The first-order valence-electron chi connectivity index (χ1n) is 5.31. The van der Waals surface area contributed by atoms with E-state index >= 15 is 0 Å². The van der Waals surface area contributed by atoms with E-state index in [0.717, 1.165) is 0 Å². The van der Waals surface area contributed by atoms with E-state index in [1.165, 1.54) is 24.3 Å². The van der Waals surface area contributed by atoms with Crippen molar-refractivity contribution in [3.63, 3.8) is 0 Å². The molecule has 0 amide bonds. The predicted octanol–water partition coefficient (Wildman–Crippen LogP) is 2.82. The summed E-state index contributed by atoms with van der Waals surface area (Å²) >= 11 is 5.97. The van der Waals surface area contributed by atoms with Gasteiger partial charge in [0.1, 0.15) is 5.75 Å². The zero-order valence-electron chi connectivity index (χ0n) is 9.11. The second-order valence-corrected chi connectivity index (χ2v) is 4.43. The van der Waals surface area contributed by atoms with Crippen LogP contribution < -0.4 is 0 Å². The lowest BCUT2D eigenvalue weighted by Crippen LogP contribution is -2.21. The lowest BCUT2D eigenvalue weighted by molar-refractivity contribution is 0.0977. The number of hydrogen-bond donors (Lipinski definition) is 1. The summed E-state index contributed by atoms with van der Waals surface area (Å²) < 4.78 is 0. The molecule has 3 rings (SSSR count). The molecule has 0 bridgehead atoms. The highest BCUT2D eigenvalue weighted by atomic mass is 35.5. The fourth-order valence-corrected chi connectivity index (χ4v) is 2.44. The summed E-state index contributed by atoms with van der Waals surface area (Å²) in [5.74, 6) is -0.891. The van der Waals surface area contributed by atoms with Crippen LogP contribution in [0.4, 0.5) is 0 Å². The summed E-state index contributed by atoms with van der Waals surface area (Å²) in [6.45, 7) is 0. The van der Waals surface area contributed by atoms with E-state index in [2.05, 4.69) is 0 Å². The number of benzene rings is 2. The Bertz CT molecular complexity index is 643. The highest BCUT2D eigenvalue weighted by molar-refractivity contribution is 6.39. The number of aromatic hydroxyl groups is 1. The molecule has 0 aliphatic heterocycles. The van der Waals surface area contributed by atoms with Gasteiger partial charge in [0, 0.05) is 11.1 Å². The smallest absolute Gasteiger partial charge is 0.198 e. The number of hydrogen-bond acceptors (Lipinski definition) is 3. The quantitative estimate of drug-likeness (QED) is 0.675. The van der Waals surface area contributed by atoms with Crippen molar-refractivity contribution in [3.05, 3.63) is 63.7 Å². The number of ketones is 2. The van der Waals surface area contributed by atoms with Crippen LogP contribution >= 0.6 is 11.6 Å². The lowest BCUT2D eigenvalue weighted by Gasteiger charge is -2.18. The molecule has 18 heavy (non-hydrogen) atoms. The summed E-state index contributed by atoms with van der Waals surface area (Å²) in [7, 11) is 0. The van der Waals surface area contributed by atoms with E-state index in [0.29, 0.717) is 0 Å². The summed E-state index contributed by atoms with van der Waals surface area (Å²) in [4.78, 5) is 24.5. The standard InChI is InChI=1S/C14H7ClO3/c15-9-5-1-3-7-11(9)13(17)8-4-2-6-10(16)12(8)14(7)18/h1-6,16H. The van der Waals surface area contributed by atoms with Gasteiger partial charge in [-0.3, -0.25) is 9.59 Å². The minimum Gasteiger partial charge on any atom is -0.507 e. The van der Waals surface area contributed by atoms with Gasteiger partial charge in [-0.2, -0.15) is 0 Å². The van der Waals surface area contributed by atoms with Crippen molar-refractivity contribution in [2.75, 3.05) is 0 Å². The molecule has 0 saturated heterocycles. The molecule has 3 nitrogen and oxygen atoms in total.